The third-order valence-corrected chi connectivity index (χ3v) is 9.22. The molecule has 0 aliphatic rings. The van der Waals surface area contributed by atoms with Gasteiger partial charge in [0.25, 0.3) is 0 Å². The topological polar surface area (TPSA) is 0 Å². The molecule has 2 aromatic rings. The molecule has 1 heteroatoms. The number of benzene rings is 2. The van der Waals surface area contributed by atoms with Gasteiger partial charge in [-0.3, -0.25) is 0 Å². The molecule has 0 amide bonds. The standard InChI is InChI=1S/C40H68.Ca.2H/c1-3-5-7-9-11-13-15-17-19-21-23-25-27-31-37-35-36-38-32-29-30-34-40(38)39(37)33-28-26-24-22-20-18-16-14-12-10-8-6-4-2;;;/h29-30,32,34-36H,3-28,31,33H2,1-2H3;;;/q;+2;2*-1. The van der Waals surface area contributed by atoms with Crippen molar-refractivity contribution in [2.45, 2.75) is 194 Å². The van der Waals surface area contributed by atoms with E-state index in [1.54, 1.807) is 11.1 Å². The first-order chi connectivity index (χ1) is 19.9. The van der Waals surface area contributed by atoms with Crippen molar-refractivity contribution in [1.29, 1.82) is 0 Å². The Morgan fingerprint density at radius 3 is 1.20 bits per heavy atom. The van der Waals surface area contributed by atoms with E-state index in [1.807, 2.05) is 0 Å². The first-order valence-electron chi connectivity index (χ1n) is 18.4. The second-order valence-corrected chi connectivity index (χ2v) is 12.9. The van der Waals surface area contributed by atoms with E-state index >= 15 is 0 Å². The van der Waals surface area contributed by atoms with Crippen LogP contribution in [-0.4, -0.2) is 37.7 Å². The van der Waals surface area contributed by atoms with Crippen LogP contribution in [-0.2, 0) is 12.8 Å². The van der Waals surface area contributed by atoms with Gasteiger partial charge < -0.3 is 2.85 Å². The van der Waals surface area contributed by atoms with Crippen molar-refractivity contribution in [3.8, 4) is 0 Å². The van der Waals surface area contributed by atoms with Gasteiger partial charge >= 0.3 is 37.7 Å². The fourth-order valence-corrected chi connectivity index (χ4v) is 6.56. The van der Waals surface area contributed by atoms with E-state index in [4.69, 9.17) is 0 Å². The zero-order valence-corrected chi connectivity index (χ0v) is 30.2. The second-order valence-electron chi connectivity index (χ2n) is 12.9. The molecule has 0 spiro atoms. The van der Waals surface area contributed by atoms with Gasteiger partial charge in [0.1, 0.15) is 0 Å². The molecule has 2 rings (SSSR count). The number of unbranched alkanes of at least 4 members (excludes halogenated alkanes) is 24. The van der Waals surface area contributed by atoms with Crippen LogP contribution in [0.5, 0.6) is 0 Å². The molecule has 232 valence electrons. The van der Waals surface area contributed by atoms with Crippen molar-refractivity contribution in [2.24, 2.45) is 0 Å². The molecule has 0 nitrogen and oxygen atoms in total. The van der Waals surface area contributed by atoms with Crippen LogP contribution in [0.2, 0.25) is 0 Å². The smallest absolute Gasteiger partial charge is 1.00 e. The molecule has 0 heterocycles. The molecule has 41 heavy (non-hydrogen) atoms. The van der Waals surface area contributed by atoms with Gasteiger partial charge in [-0.1, -0.05) is 204 Å². The Balaban J connectivity index is 0. The van der Waals surface area contributed by atoms with Gasteiger partial charge in [-0.05, 0) is 47.6 Å². The maximum absolute atomic E-state index is 2.46. The van der Waals surface area contributed by atoms with E-state index in [0.717, 1.165) is 0 Å². The first-order valence-corrected chi connectivity index (χ1v) is 18.4. The SMILES string of the molecule is CCCCCCCCCCCCCCCc1ccc2ccccc2c1CCCCCCCCCCCCCCC.[Ca+2].[H-].[H-]. The molecular formula is C40H70Ca. The summed E-state index contributed by atoms with van der Waals surface area (Å²) in [6.07, 6.45) is 39.8. The minimum Gasteiger partial charge on any atom is -1.00 e. The van der Waals surface area contributed by atoms with Crippen molar-refractivity contribution in [2.75, 3.05) is 0 Å². The maximum atomic E-state index is 2.46. The predicted octanol–water partition coefficient (Wildman–Crippen LogP) is 14.0. The van der Waals surface area contributed by atoms with Gasteiger partial charge in [0.2, 0.25) is 0 Å². The van der Waals surface area contributed by atoms with E-state index in [1.165, 1.54) is 191 Å². The summed E-state index contributed by atoms with van der Waals surface area (Å²) in [4.78, 5) is 0. The molecule has 2 aromatic carbocycles. The van der Waals surface area contributed by atoms with Crippen LogP contribution in [0.25, 0.3) is 10.8 Å². The van der Waals surface area contributed by atoms with Crippen molar-refractivity contribution < 1.29 is 2.85 Å². The van der Waals surface area contributed by atoms with Crippen LogP contribution < -0.4 is 0 Å². The summed E-state index contributed by atoms with van der Waals surface area (Å²) >= 11 is 0. The fourth-order valence-electron chi connectivity index (χ4n) is 6.56. The molecule has 0 radical (unpaired) electrons. The van der Waals surface area contributed by atoms with Gasteiger partial charge in [-0.25, -0.2) is 0 Å². The van der Waals surface area contributed by atoms with E-state index in [-0.39, 0.29) is 40.6 Å². The molecule has 0 unspecified atom stereocenters. The van der Waals surface area contributed by atoms with E-state index < -0.39 is 0 Å². The van der Waals surface area contributed by atoms with Gasteiger partial charge in [0.05, 0.1) is 0 Å². The summed E-state index contributed by atoms with van der Waals surface area (Å²) in [5, 5.41) is 2.95. The summed E-state index contributed by atoms with van der Waals surface area (Å²) in [5.41, 5.74) is 3.31. The van der Waals surface area contributed by atoms with Crippen LogP contribution >= 0.6 is 0 Å². The molecule has 0 aliphatic carbocycles. The first kappa shape index (κ1) is 39.0. The minimum atomic E-state index is 0. The number of hydrogen-bond acceptors (Lipinski definition) is 0. The van der Waals surface area contributed by atoms with Crippen LogP contribution in [0.15, 0.2) is 36.4 Å². The Hall–Kier alpha value is -0.0403. The summed E-state index contributed by atoms with van der Waals surface area (Å²) < 4.78 is 0. The molecule has 0 aliphatic heterocycles. The average Bonchev–Trinajstić information content (AvgIpc) is 2.98. The van der Waals surface area contributed by atoms with Crippen molar-refractivity contribution in [3.63, 3.8) is 0 Å². The predicted molar refractivity (Wildman–Crippen MR) is 191 cm³/mol. The van der Waals surface area contributed by atoms with Gasteiger partial charge in [0, 0.05) is 0 Å². The molecule has 0 N–H and O–H groups in total. The Labute approximate surface area is 290 Å². The molecule has 0 saturated heterocycles. The third kappa shape index (κ3) is 19.8. The summed E-state index contributed by atoms with van der Waals surface area (Å²) in [7, 11) is 0. The largest absolute Gasteiger partial charge is 2.00 e. The van der Waals surface area contributed by atoms with Crippen molar-refractivity contribution in [1.82, 2.24) is 0 Å². The molecule has 0 aromatic heterocycles. The van der Waals surface area contributed by atoms with Crippen LogP contribution in [0.4, 0.5) is 0 Å². The Kier molecular flexibility index (Phi) is 27.3. The van der Waals surface area contributed by atoms with Gasteiger partial charge in [0.15, 0.2) is 0 Å². The third-order valence-electron chi connectivity index (χ3n) is 9.22. The van der Waals surface area contributed by atoms with E-state index in [0.29, 0.717) is 0 Å². The number of hydrogen-bond donors (Lipinski definition) is 0. The zero-order valence-electron chi connectivity index (χ0n) is 30.0. The Morgan fingerprint density at radius 2 is 0.756 bits per heavy atom. The summed E-state index contributed by atoms with van der Waals surface area (Å²) in [5.74, 6) is 0. The molecule has 0 atom stereocenters. The van der Waals surface area contributed by atoms with Gasteiger partial charge in [-0.2, -0.15) is 0 Å². The number of aryl methyl sites for hydroxylation is 2. The van der Waals surface area contributed by atoms with E-state index in [2.05, 4.69) is 50.2 Å². The summed E-state index contributed by atoms with van der Waals surface area (Å²) in [6.45, 7) is 4.61. The number of fused-ring (bicyclic) bond motifs is 1. The molecule has 0 bridgehead atoms. The fraction of sp³-hybridized carbons (Fsp3) is 0.750. The second kappa shape index (κ2) is 28.7. The van der Waals surface area contributed by atoms with Gasteiger partial charge in [-0.15, -0.1) is 0 Å². The van der Waals surface area contributed by atoms with Crippen molar-refractivity contribution in [3.05, 3.63) is 47.5 Å². The van der Waals surface area contributed by atoms with E-state index in [9.17, 15) is 0 Å². The quantitative estimate of drug-likeness (QED) is 0.0683. The van der Waals surface area contributed by atoms with Crippen LogP contribution in [0.1, 0.15) is 195 Å². The zero-order chi connectivity index (χ0) is 28.4. The molecule has 0 saturated carbocycles. The molecule has 0 fully saturated rings. The maximum Gasteiger partial charge on any atom is 2.00 e. The number of rotatable bonds is 28. The Morgan fingerprint density at radius 1 is 0.390 bits per heavy atom. The average molecular weight is 591 g/mol. The minimum absolute atomic E-state index is 0. The van der Waals surface area contributed by atoms with Crippen LogP contribution in [0.3, 0.4) is 0 Å². The molecular weight excluding hydrogens is 521 g/mol. The van der Waals surface area contributed by atoms with Crippen molar-refractivity contribution >= 4 is 48.5 Å². The normalized spacial score (nSPS) is 11.3. The summed E-state index contributed by atoms with van der Waals surface area (Å²) in [6, 6.07) is 14.0. The van der Waals surface area contributed by atoms with Crippen LogP contribution in [0, 0.1) is 0 Å². The Bertz CT molecular complexity index is 836. The monoisotopic (exact) mass is 591 g/mol.